The first kappa shape index (κ1) is 13.6. The lowest BCUT2D eigenvalue weighted by atomic mass is 9.82. The summed E-state index contributed by atoms with van der Waals surface area (Å²) in [7, 11) is 0. The Morgan fingerprint density at radius 3 is 2.56 bits per heavy atom. The van der Waals surface area contributed by atoms with Crippen LogP contribution in [0.3, 0.4) is 0 Å². The van der Waals surface area contributed by atoms with E-state index in [0.717, 1.165) is 17.6 Å². The first-order valence-electron chi connectivity index (χ1n) is 7.13. The van der Waals surface area contributed by atoms with E-state index in [0.29, 0.717) is 12.5 Å². The standard InChI is InChI=1S/C15H26N2O/c1-11-5-7-12(8-6-11)13-9-16-14(18-13)10-17-15(2,3)4/h9,11-12,17H,5-8,10H2,1-4H3. The zero-order chi connectivity index (χ0) is 13.2. The van der Waals surface area contributed by atoms with E-state index in [4.69, 9.17) is 4.42 Å². The topological polar surface area (TPSA) is 38.1 Å². The predicted molar refractivity (Wildman–Crippen MR) is 73.5 cm³/mol. The highest BCUT2D eigenvalue weighted by Gasteiger charge is 2.23. The molecule has 0 aliphatic heterocycles. The van der Waals surface area contributed by atoms with E-state index in [2.05, 4.69) is 38.0 Å². The maximum atomic E-state index is 5.88. The van der Waals surface area contributed by atoms with Gasteiger partial charge in [-0.15, -0.1) is 0 Å². The molecule has 2 rings (SSSR count). The number of hydrogen-bond donors (Lipinski definition) is 1. The first-order valence-corrected chi connectivity index (χ1v) is 7.13. The highest BCUT2D eigenvalue weighted by Crippen LogP contribution is 2.35. The molecule has 1 aliphatic rings. The molecule has 1 saturated carbocycles. The van der Waals surface area contributed by atoms with E-state index in [1.165, 1.54) is 25.7 Å². The molecule has 0 atom stereocenters. The normalized spacial score (nSPS) is 25.3. The van der Waals surface area contributed by atoms with Crippen molar-refractivity contribution in [2.45, 2.75) is 71.4 Å². The number of rotatable bonds is 3. The van der Waals surface area contributed by atoms with Gasteiger partial charge in [-0.3, -0.25) is 0 Å². The number of nitrogens with one attached hydrogen (secondary N) is 1. The molecule has 3 nitrogen and oxygen atoms in total. The van der Waals surface area contributed by atoms with Gasteiger partial charge in [0, 0.05) is 11.5 Å². The fourth-order valence-corrected chi connectivity index (χ4v) is 2.48. The van der Waals surface area contributed by atoms with Crippen molar-refractivity contribution in [3.63, 3.8) is 0 Å². The zero-order valence-corrected chi connectivity index (χ0v) is 12.1. The molecule has 3 heteroatoms. The molecule has 0 radical (unpaired) electrons. The minimum Gasteiger partial charge on any atom is -0.444 e. The van der Waals surface area contributed by atoms with Crippen LogP contribution in [-0.2, 0) is 6.54 Å². The Bertz CT molecular complexity index is 370. The molecule has 1 aromatic heterocycles. The van der Waals surface area contributed by atoms with Crippen molar-refractivity contribution in [3.8, 4) is 0 Å². The first-order chi connectivity index (χ1) is 8.44. The van der Waals surface area contributed by atoms with Crippen LogP contribution in [0.25, 0.3) is 0 Å². The van der Waals surface area contributed by atoms with Gasteiger partial charge in [0.1, 0.15) is 5.76 Å². The number of aromatic nitrogens is 1. The summed E-state index contributed by atoms with van der Waals surface area (Å²) >= 11 is 0. The monoisotopic (exact) mass is 250 g/mol. The molecule has 1 heterocycles. The van der Waals surface area contributed by atoms with Crippen LogP contribution >= 0.6 is 0 Å². The van der Waals surface area contributed by atoms with E-state index in [1.54, 1.807) is 0 Å². The van der Waals surface area contributed by atoms with Crippen molar-refractivity contribution < 1.29 is 4.42 Å². The Kier molecular flexibility index (Phi) is 4.10. The second kappa shape index (κ2) is 5.43. The minimum absolute atomic E-state index is 0.106. The molecule has 0 bridgehead atoms. The molecule has 0 unspecified atom stereocenters. The van der Waals surface area contributed by atoms with Crippen molar-refractivity contribution in [2.75, 3.05) is 0 Å². The molecule has 1 aromatic rings. The number of hydrogen-bond acceptors (Lipinski definition) is 3. The lowest BCUT2D eigenvalue weighted by molar-refractivity contribution is 0.302. The average Bonchev–Trinajstić information content (AvgIpc) is 2.75. The van der Waals surface area contributed by atoms with Crippen molar-refractivity contribution in [2.24, 2.45) is 5.92 Å². The van der Waals surface area contributed by atoms with Crippen molar-refractivity contribution >= 4 is 0 Å². The highest BCUT2D eigenvalue weighted by atomic mass is 16.4. The summed E-state index contributed by atoms with van der Waals surface area (Å²) in [5.41, 5.74) is 0.106. The molecule has 0 aromatic carbocycles. The maximum Gasteiger partial charge on any atom is 0.208 e. The number of nitrogens with zero attached hydrogens (tertiary/aromatic N) is 1. The van der Waals surface area contributed by atoms with Gasteiger partial charge < -0.3 is 9.73 Å². The maximum absolute atomic E-state index is 5.88. The van der Waals surface area contributed by atoms with Gasteiger partial charge in [0.05, 0.1) is 12.7 Å². The lowest BCUT2D eigenvalue weighted by Gasteiger charge is -2.24. The van der Waals surface area contributed by atoms with Gasteiger partial charge in [-0.2, -0.15) is 0 Å². The summed E-state index contributed by atoms with van der Waals surface area (Å²) in [6, 6.07) is 0. The Morgan fingerprint density at radius 2 is 1.94 bits per heavy atom. The summed E-state index contributed by atoms with van der Waals surface area (Å²) in [5, 5.41) is 3.41. The molecule has 0 spiro atoms. The SMILES string of the molecule is CC1CCC(c2cnc(CNC(C)(C)C)o2)CC1. The molecule has 1 aliphatic carbocycles. The van der Waals surface area contributed by atoms with Gasteiger partial charge in [0.2, 0.25) is 5.89 Å². The second-order valence-electron chi connectivity index (χ2n) is 6.72. The summed E-state index contributed by atoms with van der Waals surface area (Å²) in [6.45, 7) is 9.51. The van der Waals surface area contributed by atoms with Crippen molar-refractivity contribution in [1.82, 2.24) is 10.3 Å². The molecule has 0 saturated heterocycles. The van der Waals surface area contributed by atoms with Crippen molar-refractivity contribution in [3.05, 3.63) is 17.8 Å². The third-order valence-electron chi connectivity index (χ3n) is 3.76. The van der Waals surface area contributed by atoms with E-state index in [1.807, 2.05) is 6.20 Å². The van der Waals surface area contributed by atoms with E-state index < -0.39 is 0 Å². The minimum atomic E-state index is 0.106. The molecule has 0 amide bonds. The largest absolute Gasteiger partial charge is 0.444 e. The Hall–Kier alpha value is -0.830. The summed E-state index contributed by atoms with van der Waals surface area (Å²) in [6.07, 6.45) is 7.08. The predicted octanol–water partition coefficient (Wildman–Crippen LogP) is 3.86. The fourth-order valence-electron chi connectivity index (χ4n) is 2.48. The van der Waals surface area contributed by atoms with Crippen LogP contribution in [0.1, 0.15) is 70.9 Å². The van der Waals surface area contributed by atoms with Crippen LogP contribution < -0.4 is 5.32 Å². The smallest absolute Gasteiger partial charge is 0.208 e. The molecular formula is C15H26N2O. The van der Waals surface area contributed by atoms with Gasteiger partial charge in [-0.25, -0.2) is 4.98 Å². The second-order valence-corrected chi connectivity index (χ2v) is 6.72. The number of oxazole rings is 1. The summed E-state index contributed by atoms with van der Waals surface area (Å²) < 4.78 is 5.88. The van der Waals surface area contributed by atoms with Gasteiger partial charge in [0.15, 0.2) is 0 Å². The quantitative estimate of drug-likeness (QED) is 0.885. The highest BCUT2D eigenvalue weighted by molar-refractivity contribution is 5.03. The lowest BCUT2D eigenvalue weighted by Crippen LogP contribution is -2.35. The van der Waals surface area contributed by atoms with Gasteiger partial charge in [-0.05, 0) is 39.5 Å². The van der Waals surface area contributed by atoms with Gasteiger partial charge in [-0.1, -0.05) is 19.8 Å². The van der Waals surface area contributed by atoms with Crippen LogP contribution in [0, 0.1) is 5.92 Å². The van der Waals surface area contributed by atoms with Crippen LogP contribution in [0.15, 0.2) is 10.6 Å². The third-order valence-corrected chi connectivity index (χ3v) is 3.76. The van der Waals surface area contributed by atoms with Gasteiger partial charge in [0.25, 0.3) is 0 Å². The molecule has 1 fully saturated rings. The summed E-state index contributed by atoms with van der Waals surface area (Å²) in [4.78, 5) is 4.38. The average molecular weight is 250 g/mol. The van der Waals surface area contributed by atoms with Crippen LogP contribution in [-0.4, -0.2) is 10.5 Å². The van der Waals surface area contributed by atoms with E-state index >= 15 is 0 Å². The summed E-state index contributed by atoms with van der Waals surface area (Å²) in [5.74, 6) is 3.38. The fraction of sp³-hybridized carbons (Fsp3) is 0.800. The molecule has 102 valence electrons. The Balaban J connectivity index is 1.90. The van der Waals surface area contributed by atoms with Crippen molar-refractivity contribution in [1.29, 1.82) is 0 Å². The Labute approximate surface area is 110 Å². The molecule has 18 heavy (non-hydrogen) atoms. The van der Waals surface area contributed by atoms with Crippen LogP contribution in [0.2, 0.25) is 0 Å². The van der Waals surface area contributed by atoms with E-state index in [-0.39, 0.29) is 5.54 Å². The van der Waals surface area contributed by atoms with E-state index in [9.17, 15) is 0 Å². The van der Waals surface area contributed by atoms with Crippen LogP contribution in [0.4, 0.5) is 0 Å². The molecule has 1 N–H and O–H groups in total. The third kappa shape index (κ3) is 3.84. The van der Waals surface area contributed by atoms with Gasteiger partial charge >= 0.3 is 0 Å². The van der Waals surface area contributed by atoms with Crippen LogP contribution in [0.5, 0.6) is 0 Å². The Morgan fingerprint density at radius 1 is 1.28 bits per heavy atom. The molecular weight excluding hydrogens is 224 g/mol. The zero-order valence-electron chi connectivity index (χ0n) is 12.1.